The Hall–Kier alpha value is -3.98. The number of halogens is 3. The highest BCUT2D eigenvalue weighted by Crippen LogP contribution is 2.44. The van der Waals surface area contributed by atoms with Gasteiger partial charge in [0, 0.05) is 16.5 Å². The molecule has 202 valence electrons. The summed E-state index contributed by atoms with van der Waals surface area (Å²) in [4.78, 5) is 5.63. The van der Waals surface area contributed by atoms with Crippen LogP contribution in [0.3, 0.4) is 0 Å². The van der Waals surface area contributed by atoms with Gasteiger partial charge in [-0.05, 0) is 72.0 Å². The lowest BCUT2D eigenvalue weighted by Crippen LogP contribution is -2.09. The SMILES string of the molecule is COc1ccc(OCCOc2ccc3c(c2)CC(c2ccc(C(F)(F)F)cc2)=C3c2ncsc2C)cc1OC. The van der Waals surface area contributed by atoms with Crippen LogP contribution in [0.1, 0.15) is 32.8 Å². The molecule has 1 aliphatic rings. The molecule has 9 heteroatoms. The number of thiazole rings is 1. The highest BCUT2D eigenvalue weighted by Gasteiger charge is 2.31. The lowest BCUT2D eigenvalue weighted by Gasteiger charge is -2.12. The summed E-state index contributed by atoms with van der Waals surface area (Å²) < 4.78 is 61.7. The molecule has 0 unspecified atom stereocenters. The second kappa shape index (κ2) is 11.0. The average molecular weight is 554 g/mol. The topological polar surface area (TPSA) is 49.8 Å². The fourth-order valence-corrected chi connectivity index (χ4v) is 5.22. The van der Waals surface area contributed by atoms with Crippen molar-refractivity contribution in [2.24, 2.45) is 0 Å². The van der Waals surface area contributed by atoms with E-state index in [9.17, 15) is 13.2 Å². The van der Waals surface area contributed by atoms with Crippen molar-refractivity contribution < 1.29 is 32.1 Å². The Balaban J connectivity index is 1.33. The molecule has 0 saturated heterocycles. The van der Waals surface area contributed by atoms with Crippen LogP contribution in [0, 0.1) is 6.92 Å². The molecule has 0 fully saturated rings. The predicted octanol–water partition coefficient (Wildman–Crippen LogP) is 7.46. The van der Waals surface area contributed by atoms with Crippen LogP contribution in [0.2, 0.25) is 0 Å². The third kappa shape index (κ3) is 5.59. The van der Waals surface area contributed by atoms with Gasteiger partial charge in [-0.15, -0.1) is 11.3 Å². The summed E-state index contributed by atoms with van der Waals surface area (Å²) in [5.41, 5.74) is 6.65. The van der Waals surface area contributed by atoms with Crippen LogP contribution in [0.25, 0.3) is 11.1 Å². The van der Waals surface area contributed by atoms with Gasteiger partial charge in [0.25, 0.3) is 0 Å². The molecule has 4 aromatic rings. The lowest BCUT2D eigenvalue weighted by atomic mass is 9.97. The van der Waals surface area contributed by atoms with Crippen molar-refractivity contribution in [1.29, 1.82) is 0 Å². The third-order valence-electron chi connectivity index (χ3n) is 6.53. The van der Waals surface area contributed by atoms with Crippen LogP contribution in [0.15, 0.2) is 66.2 Å². The third-order valence-corrected chi connectivity index (χ3v) is 7.29. The van der Waals surface area contributed by atoms with Crippen LogP contribution in [-0.4, -0.2) is 32.4 Å². The summed E-state index contributed by atoms with van der Waals surface area (Å²) in [7, 11) is 3.14. The molecule has 1 aromatic heterocycles. The second-order valence-corrected chi connectivity index (χ2v) is 9.95. The Morgan fingerprint density at radius 2 is 1.51 bits per heavy atom. The largest absolute Gasteiger partial charge is 0.493 e. The van der Waals surface area contributed by atoms with Gasteiger partial charge in [0.2, 0.25) is 0 Å². The van der Waals surface area contributed by atoms with E-state index >= 15 is 0 Å². The zero-order valence-electron chi connectivity index (χ0n) is 21.6. The van der Waals surface area contributed by atoms with Crippen LogP contribution < -0.4 is 18.9 Å². The summed E-state index contributed by atoms with van der Waals surface area (Å²) >= 11 is 1.54. The van der Waals surface area contributed by atoms with Crippen molar-refractivity contribution in [3.8, 4) is 23.0 Å². The number of alkyl halides is 3. The van der Waals surface area contributed by atoms with Crippen LogP contribution in [0.4, 0.5) is 13.2 Å². The molecule has 5 rings (SSSR count). The van der Waals surface area contributed by atoms with Gasteiger partial charge >= 0.3 is 6.18 Å². The number of hydrogen-bond acceptors (Lipinski definition) is 6. The molecule has 1 aliphatic carbocycles. The molecule has 0 radical (unpaired) electrons. The number of aryl methyl sites for hydroxylation is 1. The fourth-order valence-electron chi connectivity index (χ4n) is 4.64. The molecule has 5 nitrogen and oxygen atoms in total. The maximum absolute atomic E-state index is 13.1. The van der Waals surface area contributed by atoms with Crippen molar-refractivity contribution in [3.05, 3.63) is 99.0 Å². The van der Waals surface area contributed by atoms with Gasteiger partial charge in [0.15, 0.2) is 11.5 Å². The number of ether oxygens (including phenoxy) is 4. The van der Waals surface area contributed by atoms with E-state index in [0.717, 1.165) is 50.5 Å². The van der Waals surface area contributed by atoms with Crippen molar-refractivity contribution in [1.82, 2.24) is 4.98 Å². The van der Waals surface area contributed by atoms with Gasteiger partial charge < -0.3 is 18.9 Å². The summed E-state index contributed by atoms with van der Waals surface area (Å²) in [6.45, 7) is 2.65. The van der Waals surface area contributed by atoms with Crippen LogP contribution in [0.5, 0.6) is 23.0 Å². The first-order chi connectivity index (χ1) is 18.8. The molecule has 0 spiro atoms. The number of rotatable bonds is 9. The zero-order valence-corrected chi connectivity index (χ0v) is 22.4. The number of allylic oxidation sites excluding steroid dienone is 1. The Kier molecular flexibility index (Phi) is 7.52. The standard InChI is InChI=1S/C30H26F3NO4S/c1-18-29(34-17-39-18)28-24-10-8-22(37-12-13-38-23-9-11-26(35-2)27(16-23)36-3)14-20(24)15-25(28)19-4-6-21(7-5-19)30(31,32)33/h4-11,14,16-17H,12-13,15H2,1-3H3. The van der Waals surface area contributed by atoms with E-state index in [4.69, 9.17) is 18.9 Å². The Labute approximate surface area is 228 Å². The van der Waals surface area contributed by atoms with Gasteiger partial charge in [-0.1, -0.05) is 18.2 Å². The van der Waals surface area contributed by atoms with E-state index in [-0.39, 0.29) is 0 Å². The summed E-state index contributed by atoms with van der Waals surface area (Å²) in [6, 6.07) is 16.5. The van der Waals surface area contributed by atoms with E-state index in [0.29, 0.717) is 42.6 Å². The molecule has 0 atom stereocenters. The number of fused-ring (bicyclic) bond motifs is 1. The number of aromatic nitrogens is 1. The number of hydrogen-bond donors (Lipinski definition) is 0. The molecule has 0 saturated carbocycles. The van der Waals surface area contributed by atoms with E-state index in [1.807, 2.05) is 25.1 Å². The Morgan fingerprint density at radius 1 is 0.846 bits per heavy atom. The summed E-state index contributed by atoms with van der Waals surface area (Å²) in [6.07, 6.45) is -3.82. The first-order valence-electron chi connectivity index (χ1n) is 12.2. The first-order valence-corrected chi connectivity index (χ1v) is 13.1. The predicted molar refractivity (Wildman–Crippen MR) is 145 cm³/mol. The van der Waals surface area contributed by atoms with Crippen molar-refractivity contribution >= 4 is 22.5 Å². The molecule has 0 aliphatic heterocycles. The van der Waals surface area contributed by atoms with Gasteiger partial charge in [-0.3, -0.25) is 0 Å². The minimum Gasteiger partial charge on any atom is -0.493 e. The molecule has 39 heavy (non-hydrogen) atoms. The minimum absolute atomic E-state index is 0.324. The maximum atomic E-state index is 13.1. The summed E-state index contributed by atoms with van der Waals surface area (Å²) in [5, 5.41) is 0. The smallest absolute Gasteiger partial charge is 0.416 e. The Morgan fingerprint density at radius 3 is 2.13 bits per heavy atom. The monoisotopic (exact) mass is 553 g/mol. The van der Waals surface area contributed by atoms with Gasteiger partial charge in [0.1, 0.15) is 24.7 Å². The number of methoxy groups -OCH3 is 2. The van der Waals surface area contributed by atoms with Gasteiger partial charge in [-0.25, -0.2) is 4.98 Å². The molecular formula is C30H26F3NO4S. The van der Waals surface area contributed by atoms with Crippen LogP contribution >= 0.6 is 11.3 Å². The quantitative estimate of drug-likeness (QED) is 0.201. The molecule has 1 heterocycles. The average Bonchev–Trinajstić information content (AvgIpc) is 3.52. The zero-order chi connectivity index (χ0) is 27.6. The molecule has 3 aromatic carbocycles. The molecule has 0 amide bonds. The van der Waals surface area contributed by atoms with E-state index in [2.05, 4.69) is 4.98 Å². The molecule has 0 bridgehead atoms. The molecule has 0 N–H and O–H groups in total. The maximum Gasteiger partial charge on any atom is 0.416 e. The summed E-state index contributed by atoms with van der Waals surface area (Å²) in [5.74, 6) is 2.53. The first kappa shape index (κ1) is 26.6. The number of benzene rings is 3. The van der Waals surface area contributed by atoms with Crippen molar-refractivity contribution in [2.75, 3.05) is 27.4 Å². The van der Waals surface area contributed by atoms with Crippen molar-refractivity contribution in [2.45, 2.75) is 19.5 Å². The highest BCUT2D eigenvalue weighted by molar-refractivity contribution is 7.09. The minimum atomic E-state index is -4.38. The van der Waals surface area contributed by atoms with E-state index in [1.54, 1.807) is 49.3 Å². The normalized spacial score (nSPS) is 12.9. The number of nitrogens with zero attached hydrogens (tertiary/aromatic N) is 1. The lowest BCUT2D eigenvalue weighted by molar-refractivity contribution is -0.137. The Bertz CT molecular complexity index is 1510. The van der Waals surface area contributed by atoms with E-state index < -0.39 is 11.7 Å². The fraction of sp³-hybridized carbons (Fsp3) is 0.233. The highest BCUT2D eigenvalue weighted by atomic mass is 32.1. The second-order valence-electron chi connectivity index (χ2n) is 8.90. The molecular weight excluding hydrogens is 527 g/mol. The van der Waals surface area contributed by atoms with Crippen molar-refractivity contribution in [3.63, 3.8) is 0 Å². The van der Waals surface area contributed by atoms with Crippen LogP contribution in [-0.2, 0) is 12.6 Å². The van der Waals surface area contributed by atoms with Gasteiger partial charge in [-0.2, -0.15) is 13.2 Å². The van der Waals surface area contributed by atoms with E-state index in [1.165, 1.54) is 12.1 Å². The van der Waals surface area contributed by atoms with Gasteiger partial charge in [0.05, 0.1) is 31.0 Å².